The molecule has 0 aliphatic rings. The molecule has 1 atom stereocenters. The van der Waals surface area contributed by atoms with Crippen molar-refractivity contribution >= 4 is 27.8 Å². The van der Waals surface area contributed by atoms with Gasteiger partial charge in [-0.15, -0.1) is 0 Å². The summed E-state index contributed by atoms with van der Waals surface area (Å²) in [4.78, 5) is 23.9. The Labute approximate surface area is 151 Å². The number of amides is 1. The molecule has 134 valence electrons. The van der Waals surface area contributed by atoms with Gasteiger partial charge in [0.25, 0.3) is 5.91 Å². The third kappa shape index (κ3) is 6.03. The van der Waals surface area contributed by atoms with Gasteiger partial charge < -0.3 is 19.5 Å². The van der Waals surface area contributed by atoms with Crippen LogP contribution in [0.15, 0.2) is 16.6 Å². The molecule has 0 saturated carbocycles. The van der Waals surface area contributed by atoms with Gasteiger partial charge in [-0.2, -0.15) is 0 Å². The van der Waals surface area contributed by atoms with Crippen LogP contribution in [0.2, 0.25) is 0 Å². The zero-order valence-corrected chi connectivity index (χ0v) is 16.1. The first-order chi connectivity index (χ1) is 11.4. The number of carbonyl (C=O) groups is 2. The SMILES string of the molecule is CCC[C@@H](C)NC(=O)COC(=O)c1cc(Br)c(OC)c(OCC)c1. The molecule has 7 heteroatoms. The summed E-state index contributed by atoms with van der Waals surface area (Å²) in [7, 11) is 1.52. The molecule has 0 aromatic heterocycles. The maximum Gasteiger partial charge on any atom is 0.338 e. The van der Waals surface area contributed by atoms with Gasteiger partial charge in [-0.25, -0.2) is 4.79 Å². The molecule has 0 unspecified atom stereocenters. The molecule has 1 rings (SSSR count). The van der Waals surface area contributed by atoms with E-state index < -0.39 is 5.97 Å². The molecule has 0 fully saturated rings. The van der Waals surface area contributed by atoms with Crippen molar-refractivity contribution in [3.05, 3.63) is 22.2 Å². The predicted octanol–water partition coefficient (Wildman–Crippen LogP) is 3.32. The molecule has 0 bridgehead atoms. The van der Waals surface area contributed by atoms with Gasteiger partial charge in [0.2, 0.25) is 0 Å². The lowest BCUT2D eigenvalue weighted by Crippen LogP contribution is -2.35. The molecule has 1 aromatic rings. The van der Waals surface area contributed by atoms with Gasteiger partial charge in [0.15, 0.2) is 18.1 Å². The summed E-state index contributed by atoms with van der Waals surface area (Å²) in [5, 5.41) is 2.78. The van der Waals surface area contributed by atoms with E-state index in [1.165, 1.54) is 13.2 Å². The first-order valence-electron chi connectivity index (χ1n) is 7.89. The molecular formula is C17H24BrNO5. The highest BCUT2D eigenvalue weighted by molar-refractivity contribution is 9.10. The highest BCUT2D eigenvalue weighted by Crippen LogP contribution is 2.36. The van der Waals surface area contributed by atoms with Crippen molar-refractivity contribution < 1.29 is 23.8 Å². The second-order valence-corrected chi connectivity index (χ2v) is 6.11. The van der Waals surface area contributed by atoms with E-state index in [0.717, 1.165) is 12.8 Å². The largest absolute Gasteiger partial charge is 0.492 e. The van der Waals surface area contributed by atoms with E-state index in [-0.39, 0.29) is 24.1 Å². The Morgan fingerprint density at radius 2 is 2.00 bits per heavy atom. The van der Waals surface area contributed by atoms with Crippen molar-refractivity contribution in [2.75, 3.05) is 20.3 Å². The van der Waals surface area contributed by atoms with Crippen LogP contribution >= 0.6 is 15.9 Å². The normalized spacial score (nSPS) is 11.5. The van der Waals surface area contributed by atoms with Crippen molar-refractivity contribution in [3.8, 4) is 11.5 Å². The number of carbonyl (C=O) groups excluding carboxylic acids is 2. The number of rotatable bonds is 9. The molecule has 24 heavy (non-hydrogen) atoms. The molecule has 0 spiro atoms. The van der Waals surface area contributed by atoms with E-state index in [4.69, 9.17) is 14.2 Å². The zero-order chi connectivity index (χ0) is 18.1. The van der Waals surface area contributed by atoms with Crippen molar-refractivity contribution in [3.63, 3.8) is 0 Å². The van der Waals surface area contributed by atoms with Gasteiger partial charge in [-0.05, 0) is 48.3 Å². The number of nitrogens with one attached hydrogen (secondary N) is 1. The van der Waals surface area contributed by atoms with Gasteiger partial charge in [0.1, 0.15) is 0 Å². The summed E-state index contributed by atoms with van der Waals surface area (Å²) in [6.45, 7) is 5.90. The number of halogens is 1. The van der Waals surface area contributed by atoms with Crippen LogP contribution < -0.4 is 14.8 Å². The zero-order valence-electron chi connectivity index (χ0n) is 14.5. The van der Waals surface area contributed by atoms with Crippen LogP contribution in [0.4, 0.5) is 0 Å². The fourth-order valence-corrected chi connectivity index (χ4v) is 2.79. The van der Waals surface area contributed by atoms with E-state index >= 15 is 0 Å². The number of benzene rings is 1. The standard InChI is InChI=1S/C17H24BrNO5/c1-5-7-11(3)19-15(20)10-24-17(21)12-8-13(18)16(22-4)14(9-12)23-6-2/h8-9,11H,5-7,10H2,1-4H3,(H,19,20)/t11-/m1/s1. The monoisotopic (exact) mass is 401 g/mol. The highest BCUT2D eigenvalue weighted by Gasteiger charge is 2.17. The maximum atomic E-state index is 12.1. The van der Waals surface area contributed by atoms with Gasteiger partial charge >= 0.3 is 5.97 Å². The van der Waals surface area contributed by atoms with Gasteiger partial charge in [0.05, 0.1) is 23.8 Å². The Morgan fingerprint density at radius 3 is 2.58 bits per heavy atom. The van der Waals surface area contributed by atoms with Crippen LogP contribution in [-0.4, -0.2) is 38.2 Å². The summed E-state index contributed by atoms with van der Waals surface area (Å²) < 4.78 is 16.3. The Hall–Kier alpha value is -1.76. The molecule has 1 aromatic carbocycles. The third-order valence-electron chi connectivity index (χ3n) is 3.21. The van der Waals surface area contributed by atoms with Crippen LogP contribution in [0.25, 0.3) is 0 Å². The van der Waals surface area contributed by atoms with E-state index in [0.29, 0.717) is 22.6 Å². The molecule has 1 N–H and O–H groups in total. The van der Waals surface area contributed by atoms with Crippen molar-refractivity contribution in [2.45, 2.75) is 39.7 Å². The number of ether oxygens (including phenoxy) is 3. The summed E-state index contributed by atoms with van der Waals surface area (Å²) in [5.41, 5.74) is 0.278. The number of hydrogen-bond donors (Lipinski definition) is 1. The topological polar surface area (TPSA) is 73.9 Å². The second kappa shape index (κ2) is 10.2. The number of methoxy groups -OCH3 is 1. The molecule has 0 aliphatic carbocycles. The summed E-state index contributed by atoms with van der Waals surface area (Å²) in [6.07, 6.45) is 1.85. The minimum atomic E-state index is -0.599. The molecule has 0 aliphatic heterocycles. The van der Waals surface area contributed by atoms with Crippen molar-refractivity contribution in [1.29, 1.82) is 0 Å². The third-order valence-corrected chi connectivity index (χ3v) is 3.80. The Bertz CT molecular complexity index is 576. The van der Waals surface area contributed by atoms with Crippen LogP contribution in [0.5, 0.6) is 11.5 Å². The van der Waals surface area contributed by atoms with E-state index in [2.05, 4.69) is 21.2 Å². The highest BCUT2D eigenvalue weighted by atomic mass is 79.9. The Kier molecular flexibility index (Phi) is 8.60. The average molecular weight is 402 g/mol. The quantitative estimate of drug-likeness (QED) is 0.642. The predicted molar refractivity (Wildman–Crippen MR) is 94.7 cm³/mol. The number of esters is 1. The summed E-state index contributed by atoms with van der Waals surface area (Å²) >= 11 is 3.33. The van der Waals surface area contributed by atoms with E-state index in [1.54, 1.807) is 6.07 Å². The fraction of sp³-hybridized carbons (Fsp3) is 0.529. The molecule has 0 heterocycles. The lowest BCUT2D eigenvalue weighted by Gasteiger charge is -2.14. The average Bonchev–Trinajstić information content (AvgIpc) is 2.52. The lowest BCUT2D eigenvalue weighted by atomic mass is 10.2. The minimum Gasteiger partial charge on any atom is -0.492 e. The minimum absolute atomic E-state index is 0.0564. The number of hydrogen-bond acceptors (Lipinski definition) is 5. The molecule has 1 amide bonds. The molecule has 6 nitrogen and oxygen atoms in total. The fourth-order valence-electron chi connectivity index (χ4n) is 2.18. The maximum absolute atomic E-state index is 12.1. The van der Waals surface area contributed by atoms with Crippen molar-refractivity contribution in [1.82, 2.24) is 5.32 Å². The van der Waals surface area contributed by atoms with Crippen LogP contribution in [-0.2, 0) is 9.53 Å². The van der Waals surface area contributed by atoms with E-state index in [1.807, 2.05) is 20.8 Å². The van der Waals surface area contributed by atoms with Gasteiger partial charge in [-0.3, -0.25) is 4.79 Å². The van der Waals surface area contributed by atoms with Gasteiger partial charge in [-0.1, -0.05) is 13.3 Å². The molecule has 0 radical (unpaired) electrons. The lowest BCUT2D eigenvalue weighted by molar-refractivity contribution is -0.124. The smallest absolute Gasteiger partial charge is 0.338 e. The van der Waals surface area contributed by atoms with Crippen molar-refractivity contribution in [2.24, 2.45) is 0 Å². The Morgan fingerprint density at radius 1 is 1.29 bits per heavy atom. The van der Waals surface area contributed by atoms with E-state index in [9.17, 15) is 9.59 Å². The van der Waals surface area contributed by atoms with Crippen LogP contribution in [0, 0.1) is 0 Å². The van der Waals surface area contributed by atoms with Crippen LogP contribution in [0.1, 0.15) is 44.0 Å². The Balaban J connectivity index is 2.72. The molecule has 0 saturated heterocycles. The molecular weight excluding hydrogens is 378 g/mol. The van der Waals surface area contributed by atoms with Gasteiger partial charge in [0, 0.05) is 6.04 Å². The summed E-state index contributed by atoms with van der Waals surface area (Å²) in [6, 6.07) is 3.16. The van der Waals surface area contributed by atoms with Crippen LogP contribution in [0.3, 0.4) is 0 Å². The summed E-state index contributed by atoms with van der Waals surface area (Å²) in [5.74, 6) is 0.0152. The first-order valence-corrected chi connectivity index (χ1v) is 8.68. The second-order valence-electron chi connectivity index (χ2n) is 5.26. The first kappa shape index (κ1) is 20.3.